The van der Waals surface area contributed by atoms with Crippen LogP contribution in [0.3, 0.4) is 0 Å². The summed E-state index contributed by atoms with van der Waals surface area (Å²) in [6, 6.07) is 2.95. The highest BCUT2D eigenvalue weighted by Gasteiger charge is 2.15. The van der Waals surface area contributed by atoms with Gasteiger partial charge in [-0.05, 0) is 28.1 Å². The molecule has 0 bridgehead atoms. The fraction of sp³-hybridized carbons (Fsp3) is 0.200. The molecule has 8 heteroatoms. The Kier molecular flexibility index (Phi) is 4.95. The summed E-state index contributed by atoms with van der Waals surface area (Å²) in [5.41, 5.74) is 0.229. The minimum absolute atomic E-state index is 0.0326. The lowest BCUT2D eigenvalue weighted by atomic mass is 10.2. The summed E-state index contributed by atoms with van der Waals surface area (Å²) in [7, 11) is 4.74. The minimum Gasteiger partial charge on any atom is -0.345 e. The predicted octanol–water partition coefficient (Wildman–Crippen LogP) is 1.50. The molecule has 0 unspecified atom stereocenters. The van der Waals surface area contributed by atoms with Crippen molar-refractivity contribution < 1.29 is 9.59 Å². The van der Waals surface area contributed by atoms with Crippen LogP contribution in [0.4, 0.5) is 5.69 Å². The van der Waals surface area contributed by atoms with Gasteiger partial charge in [0.2, 0.25) is 0 Å². The molecule has 0 spiro atoms. The summed E-state index contributed by atoms with van der Waals surface area (Å²) >= 11 is 3.23. The minimum atomic E-state index is -0.481. The van der Waals surface area contributed by atoms with Crippen LogP contribution in [0.2, 0.25) is 0 Å². The van der Waals surface area contributed by atoms with E-state index < -0.39 is 11.5 Å². The number of hydrogen-bond donors (Lipinski definition) is 1. The molecule has 0 saturated heterocycles. The number of hydrogen-bond acceptors (Lipinski definition) is 4. The van der Waals surface area contributed by atoms with Gasteiger partial charge in [0, 0.05) is 44.2 Å². The van der Waals surface area contributed by atoms with E-state index in [1.807, 2.05) is 0 Å². The van der Waals surface area contributed by atoms with Crippen molar-refractivity contribution in [3.05, 3.63) is 56.7 Å². The van der Waals surface area contributed by atoms with Crippen LogP contribution in [-0.2, 0) is 7.05 Å². The Morgan fingerprint density at radius 1 is 1.22 bits per heavy atom. The summed E-state index contributed by atoms with van der Waals surface area (Å²) in [5, 5.41) is 2.52. The van der Waals surface area contributed by atoms with E-state index in [9.17, 15) is 14.4 Å². The third-order valence-corrected chi connectivity index (χ3v) is 3.49. The van der Waals surface area contributed by atoms with E-state index in [2.05, 4.69) is 26.2 Å². The normalized spacial score (nSPS) is 10.3. The average Bonchev–Trinajstić information content (AvgIpc) is 2.50. The first-order chi connectivity index (χ1) is 10.8. The number of amides is 2. The lowest BCUT2D eigenvalue weighted by Gasteiger charge is -2.13. The molecule has 2 aromatic rings. The van der Waals surface area contributed by atoms with Gasteiger partial charge in [0.05, 0.1) is 11.1 Å². The van der Waals surface area contributed by atoms with Crippen molar-refractivity contribution in [1.29, 1.82) is 0 Å². The van der Waals surface area contributed by atoms with Crippen molar-refractivity contribution in [2.24, 2.45) is 7.05 Å². The number of nitrogens with zero attached hydrogens (tertiary/aromatic N) is 3. The first-order valence-electron chi connectivity index (χ1n) is 6.64. The van der Waals surface area contributed by atoms with Gasteiger partial charge in [0.25, 0.3) is 17.4 Å². The number of carbonyl (C=O) groups excluding carboxylic acids is 2. The fourth-order valence-corrected chi connectivity index (χ4v) is 2.27. The van der Waals surface area contributed by atoms with Crippen LogP contribution in [-0.4, -0.2) is 40.4 Å². The number of aromatic nitrogens is 2. The van der Waals surface area contributed by atoms with Crippen molar-refractivity contribution in [2.45, 2.75) is 0 Å². The van der Waals surface area contributed by atoms with Crippen molar-refractivity contribution >= 4 is 33.4 Å². The van der Waals surface area contributed by atoms with E-state index in [1.165, 1.54) is 35.0 Å². The summed E-state index contributed by atoms with van der Waals surface area (Å²) < 4.78 is 1.90. The van der Waals surface area contributed by atoms with Crippen molar-refractivity contribution in [1.82, 2.24) is 14.5 Å². The molecular formula is C15H15BrN4O3. The maximum absolute atomic E-state index is 12.2. The monoisotopic (exact) mass is 378 g/mol. The van der Waals surface area contributed by atoms with Crippen LogP contribution in [0.1, 0.15) is 20.7 Å². The van der Waals surface area contributed by atoms with E-state index in [0.717, 1.165) is 0 Å². The lowest BCUT2D eigenvalue weighted by molar-refractivity contribution is 0.0826. The molecule has 0 aromatic carbocycles. The van der Waals surface area contributed by atoms with Crippen molar-refractivity contribution in [3.8, 4) is 0 Å². The molecule has 23 heavy (non-hydrogen) atoms. The number of anilines is 1. The summed E-state index contributed by atoms with van der Waals surface area (Å²) in [5.74, 6) is -0.745. The Balaban J connectivity index is 2.37. The van der Waals surface area contributed by atoms with Crippen LogP contribution >= 0.6 is 15.9 Å². The van der Waals surface area contributed by atoms with Gasteiger partial charge in [0.1, 0.15) is 5.69 Å². The number of halogens is 1. The number of aryl methyl sites for hydroxylation is 1. The molecule has 0 atom stereocenters. The van der Waals surface area contributed by atoms with Gasteiger partial charge in [0.15, 0.2) is 0 Å². The van der Waals surface area contributed by atoms with Gasteiger partial charge in [-0.2, -0.15) is 0 Å². The van der Waals surface area contributed by atoms with Crippen LogP contribution in [0.15, 0.2) is 40.0 Å². The topological polar surface area (TPSA) is 84.3 Å². The summed E-state index contributed by atoms with van der Waals surface area (Å²) in [4.78, 5) is 41.7. The first-order valence-corrected chi connectivity index (χ1v) is 7.43. The maximum atomic E-state index is 12.2. The lowest BCUT2D eigenvalue weighted by Crippen LogP contribution is -2.28. The van der Waals surface area contributed by atoms with Crippen LogP contribution in [0.5, 0.6) is 0 Å². The Morgan fingerprint density at radius 2 is 1.91 bits per heavy atom. The zero-order valence-corrected chi connectivity index (χ0v) is 14.4. The largest absolute Gasteiger partial charge is 0.345 e. The molecule has 120 valence electrons. The molecule has 1 N–H and O–H groups in total. The highest BCUT2D eigenvalue weighted by Crippen LogP contribution is 2.12. The first kappa shape index (κ1) is 16.9. The smallest absolute Gasteiger partial charge is 0.274 e. The fourth-order valence-electron chi connectivity index (χ4n) is 1.91. The highest BCUT2D eigenvalue weighted by molar-refractivity contribution is 9.10. The molecule has 0 radical (unpaired) electrons. The van der Waals surface area contributed by atoms with E-state index >= 15 is 0 Å². The maximum Gasteiger partial charge on any atom is 0.274 e. The van der Waals surface area contributed by atoms with Crippen molar-refractivity contribution in [2.75, 3.05) is 19.4 Å². The quantitative estimate of drug-likeness (QED) is 0.876. The number of rotatable bonds is 3. The van der Waals surface area contributed by atoms with Crippen LogP contribution in [0.25, 0.3) is 0 Å². The molecule has 2 aromatic heterocycles. The molecule has 2 rings (SSSR count). The zero-order chi connectivity index (χ0) is 17.1. The standard InChI is InChI=1S/C15H15BrN4O3/c1-19(2)14(22)10-5-12(15(23)20(3)8-10)18-13(21)9-4-11(16)7-17-6-9/h4-8H,1-3H3,(H,18,21). The van der Waals surface area contributed by atoms with Gasteiger partial charge in [-0.1, -0.05) is 0 Å². The summed E-state index contributed by atoms with van der Waals surface area (Å²) in [6.07, 6.45) is 4.37. The van der Waals surface area contributed by atoms with Gasteiger partial charge in [-0.3, -0.25) is 19.4 Å². The third-order valence-electron chi connectivity index (χ3n) is 3.05. The van der Waals surface area contributed by atoms with Crippen molar-refractivity contribution in [3.63, 3.8) is 0 Å². The molecule has 0 saturated carbocycles. The Bertz CT molecular complexity index is 830. The second-order valence-corrected chi connectivity index (χ2v) is 6.02. The van der Waals surface area contributed by atoms with E-state index in [4.69, 9.17) is 0 Å². The Hall–Kier alpha value is -2.48. The predicted molar refractivity (Wildman–Crippen MR) is 89.6 cm³/mol. The number of pyridine rings is 2. The van der Waals surface area contributed by atoms with Crippen LogP contribution < -0.4 is 10.9 Å². The average molecular weight is 379 g/mol. The van der Waals surface area contributed by atoms with Gasteiger partial charge < -0.3 is 14.8 Å². The second-order valence-electron chi connectivity index (χ2n) is 5.10. The molecule has 7 nitrogen and oxygen atoms in total. The SMILES string of the molecule is CN(C)C(=O)c1cc(NC(=O)c2cncc(Br)c2)c(=O)n(C)c1. The van der Waals surface area contributed by atoms with Gasteiger partial charge >= 0.3 is 0 Å². The molecule has 0 fully saturated rings. The zero-order valence-electron chi connectivity index (χ0n) is 12.8. The van der Waals surface area contributed by atoms with E-state index in [0.29, 0.717) is 15.6 Å². The highest BCUT2D eigenvalue weighted by atomic mass is 79.9. The molecule has 0 aliphatic heterocycles. The molecule has 2 amide bonds. The van der Waals surface area contributed by atoms with Gasteiger partial charge in [-0.25, -0.2) is 0 Å². The van der Waals surface area contributed by atoms with Crippen LogP contribution in [0, 0.1) is 0 Å². The summed E-state index contributed by atoms with van der Waals surface area (Å²) in [6.45, 7) is 0. The molecule has 2 heterocycles. The number of carbonyl (C=O) groups is 2. The van der Waals surface area contributed by atoms with E-state index in [1.54, 1.807) is 26.4 Å². The molecule has 0 aliphatic carbocycles. The van der Waals surface area contributed by atoms with E-state index in [-0.39, 0.29) is 11.6 Å². The third kappa shape index (κ3) is 3.84. The molecule has 0 aliphatic rings. The number of nitrogens with one attached hydrogen (secondary N) is 1. The Morgan fingerprint density at radius 3 is 2.52 bits per heavy atom. The second kappa shape index (κ2) is 6.74. The Labute approximate surface area is 141 Å². The molecular weight excluding hydrogens is 364 g/mol. The van der Waals surface area contributed by atoms with Gasteiger partial charge in [-0.15, -0.1) is 0 Å².